The largest absolute Gasteiger partial charge is 0.481 e. The summed E-state index contributed by atoms with van der Waals surface area (Å²) in [5, 5.41) is 3.51. The summed E-state index contributed by atoms with van der Waals surface area (Å²) in [7, 11) is 1.66. The van der Waals surface area contributed by atoms with Crippen LogP contribution in [-0.2, 0) is 6.42 Å². The second-order valence-corrected chi connectivity index (χ2v) is 5.46. The third-order valence-corrected chi connectivity index (χ3v) is 3.64. The van der Waals surface area contributed by atoms with Crippen LogP contribution in [0.15, 0.2) is 47.1 Å². The molecular weight excluding hydrogens is 316 g/mol. The Labute approximate surface area is 128 Å². The molecule has 0 amide bonds. The first kappa shape index (κ1) is 15.0. The second-order valence-electron chi connectivity index (χ2n) is 4.55. The van der Waals surface area contributed by atoms with Gasteiger partial charge >= 0.3 is 0 Å². The van der Waals surface area contributed by atoms with E-state index in [1.807, 2.05) is 12.1 Å². The molecule has 0 spiro atoms. The lowest BCUT2D eigenvalue weighted by molar-refractivity contribution is 0.382. The van der Waals surface area contributed by atoms with Crippen LogP contribution in [0.5, 0.6) is 5.88 Å². The van der Waals surface area contributed by atoms with Gasteiger partial charge in [0.1, 0.15) is 0 Å². The van der Waals surface area contributed by atoms with E-state index in [2.05, 4.69) is 57.4 Å². The van der Waals surface area contributed by atoms with Gasteiger partial charge in [0.05, 0.1) is 7.11 Å². The van der Waals surface area contributed by atoms with E-state index >= 15 is 0 Å². The van der Waals surface area contributed by atoms with E-state index in [1.54, 1.807) is 13.3 Å². The number of nitrogens with one attached hydrogen (secondary N) is 1. The van der Waals surface area contributed by atoms with Gasteiger partial charge in [-0.3, -0.25) is 0 Å². The van der Waals surface area contributed by atoms with Gasteiger partial charge in [-0.2, -0.15) is 0 Å². The van der Waals surface area contributed by atoms with Gasteiger partial charge in [-0.05, 0) is 36.7 Å². The SMILES string of the molecule is CCNC(Cc1cccc(Br)c1)c1cccnc1OC. The summed E-state index contributed by atoms with van der Waals surface area (Å²) in [6.07, 6.45) is 2.65. The number of halogens is 1. The molecule has 4 heteroatoms. The van der Waals surface area contributed by atoms with E-state index in [1.165, 1.54) is 5.56 Å². The lowest BCUT2D eigenvalue weighted by Gasteiger charge is -2.20. The number of hydrogen-bond donors (Lipinski definition) is 1. The van der Waals surface area contributed by atoms with Crippen molar-refractivity contribution in [3.8, 4) is 5.88 Å². The van der Waals surface area contributed by atoms with Crippen molar-refractivity contribution in [3.05, 3.63) is 58.2 Å². The Balaban J connectivity index is 2.26. The van der Waals surface area contributed by atoms with Crippen LogP contribution in [0.2, 0.25) is 0 Å². The molecule has 1 aromatic heterocycles. The average Bonchev–Trinajstić information content (AvgIpc) is 2.47. The molecule has 1 heterocycles. The first-order valence-electron chi connectivity index (χ1n) is 6.71. The molecule has 1 atom stereocenters. The van der Waals surface area contributed by atoms with Crippen LogP contribution in [0.25, 0.3) is 0 Å². The minimum absolute atomic E-state index is 0.193. The Hall–Kier alpha value is -1.39. The van der Waals surface area contributed by atoms with Crippen LogP contribution in [0, 0.1) is 0 Å². The van der Waals surface area contributed by atoms with E-state index < -0.39 is 0 Å². The summed E-state index contributed by atoms with van der Waals surface area (Å²) in [6, 6.07) is 12.6. The van der Waals surface area contributed by atoms with Crippen LogP contribution < -0.4 is 10.1 Å². The lowest BCUT2D eigenvalue weighted by Crippen LogP contribution is -2.23. The van der Waals surface area contributed by atoms with E-state index in [9.17, 15) is 0 Å². The van der Waals surface area contributed by atoms with E-state index in [0.717, 1.165) is 23.0 Å². The normalized spacial score (nSPS) is 12.2. The van der Waals surface area contributed by atoms with Gasteiger partial charge in [0.2, 0.25) is 5.88 Å². The molecule has 2 aromatic rings. The molecule has 0 bridgehead atoms. The molecule has 1 aromatic carbocycles. The molecule has 0 aliphatic rings. The monoisotopic (exact) mass is 334 g/mol. The number of rotatable bonds is 6. The fourth-order valence-electron chi connectivity index (χ4n) is 2.28. The molecular formula is C16H19BrN2O. The molecule has 1 unspecified atom stereocenters. The van der Waals surface area contributed by atoms with Gasteiger partial charge in [0, 0.05) is 22.3 Å². The molecule has 0 fully saturated rings. The molecule has 2 rings (SSSR count). The third kappa shape index (κ3) is 3.81. The number of methoxy groups -OCH3 is 1. The van der Waals surface area contributed by atoms with Gasteiger partial charge in [0.25, 0.3) is 0 Å². The van der Waals surface area contributed by atoms with Crippen molar-refractivity contribution in [2.24, 2.45) is 0 Å². The molecule has 3 nitrogen and oxygen atoms in total. The zero-order valence-electron chi connectivity index (χ0n) is 11.8. The molecule has 20 heavy (non-hydrogen) atoms. The minimum atomic E-state index is 0.193. The lowest BCUT2D eigenvalue weighted by atomic mass is 9.99. The van der Waals surface area contributed by atoms with Crippen molar-refractivity contribution < 1.29 is 4.74 Å². The first-order chi connectivity index (χ1) is 9.74. The summed E-state index contributed by atoms with van der Waals surface area (Å²) >= 11 is 3.52. The number of hydrogen-bond acceptors (Lipinski definition) is 3. The Morgan fingerprint density at radius 1 is 1.30 bits per heavy atom. The zero-order chi connectivity index (χ0) is 14.4. The summed E-state index contributed by atoms with van der Waals surface area (Å²) in [5.74, 6) is 0.688. The van der Waals surface area contributed by atoms with Crippen LogP contribution in [0.1, 0.15) is 24.1 Å². The van der Waals surface area contributed by atoms with Gasteiger partial charge in [-0.15, -0.1) is 0 Å². The van der Waals surface area contributed by atoms with Crippen LogP contribution in [0.3, 0.4) is 0 Å². The van der Waals surface area contributed by atoms with Crippen molar-refractivity contribution >= 4 is 15.9 Å². The average molecular weight is 335 g/mol. The second kappa shape index (κ2) is 7.41. The first-order valence-corrected chi connectivity index (χ1v) is 7.50. The smallest absolute Gasteiger partial charge is 0.217 e. The number of likely N-dealkylation sites (N-methyl/N-ethyl adjacent to an activating group) is 1. The Kier molecular flexibility index (Phi) is 5.56. The summed E-state index contributed by atoms with van der Waals surface area (Å²) in [4.78, 5) is 4.29. The van der Waals surface area contributed by atoms with Crippen molar-refractivity contribution in [2.45, 2.75) is 19.4 Å². The van der Waals surface area contributed by atoms with Gasteiger partial charge < -0.3 is 10.1 Å². The highest BCUT2D eigenvalue weighted by Crippen LogP contribution is 2.26. The molecule has 1 N–H and O–H groups in total. The maximum Gasteiger partial charge on any atom is 0.217 e. The summed E-state index contributed by atoms with van der Waals surface area (Å²) in [6.45, 7) is 3.01. The molecule has 0 aliphatic heterocycles. The zero-order valence-corrected chi connectivity index (χ0v) is 13.4. The molecule has 0 saturated heterocycles. The molecule has 0 saturated carbocycles. The molecule has 106 valence electrons. The van der Waals surface area contributed by atoms with Crippen LogP contribution in [-0.4, -0.2) is 18.6 Å². The number of ether oxygens (including phenoxy) is 1. The fraction of sp³-hybridized carbons (Fsp3) is 0.312. The predicted octanol–water partition coefficient (Wildman–Crippen LogP) is 3.75. The van der Waals surface area contributed by atoms with Gasteiger partial charge in [-0.1, -0.05) is 41.1 Å². The summed E-state index contributed by atoms with van der Waals surface area (Å²) in [5.41, 5.74) is 2.37. The van der Waals surface area contributed by atoms with Gasteiger partial charge in [0.15, 0.2) is 0 Å². The molecule has 0 aliphatic carbocycles. The number of aromatic nitrogens is 1. The highest BCUT2D eigenvalue weighted by Gasteiger charge is 2.16. The minimum Gasteiger partial charge on any atom is -0.481 e. The van der Waals surface area contributed by atoms with Crippen molar-refractivity contribution in [1.82, 2.24) is 10.3 Å². The maximum absolute atomic E-state index is 5.37. The fourth-order valence-corrected chi connectivity index (χ4v) is 2.72. The van der Waals surface area contributed by atoms with Crippen LogP contribution >= 0.6 is 15.9 Å². The van der Waals surface area contributed by atoms with Crippen molar-refractivity contribution in [2.75, 3.05) is 13.7 Å². The van der Waals surface area contributed by atoms with E-state index in [4.69, 9.17) is 4.74 Å². The number of benzene rings is 1. The van der Waals surface area contributed by atoms with E-state index in [0.29, 0.717) is 5.88 Å². The molecule has 0 radical (unpaired) electrons. The van der Waals surface area contributed by atoms with E-state index in [-0.39, 0.29) is 6.04 Å². The van der Waals surface area contributed by atoms with Gasteiger partial charge in [-0.25, -0.2) is 4.98 Å². The third-order valence-electron chi connectivity index (χ3n) is 3.15. The maximum atomic E-state index is 5.37. The van der Waals surface area contributed by atoms with Crippen molar-refractivity contribution in [3.63, 3.8) is 0 Å². The highest BCUT2D eigenvalue weighted by atomic mass is 79.9. The topological polar surface area (TPSA) is 34.2 Å². The van der Waals surface area contributed by atoms with Crippen LogP contribution in [0.4, 0.5) is 0 Å². The summed E-state index contributed by atoms with van der Waals surface area (Å²) < 4.78 is 6.47. The Morgan fingerprint density at radius 2 is 2.15 bits per heavy atom. The Morgan fingerprint density at radius 3 is 2.85 bits per heavy atom. The van der Waals surface area contributed by atoms with Crippen molar-refractivity contribution in [1.29, 1.82) is 0 Å². The quantitative estimate of drug-likeness (QED) is 0.873. The predicted molar refractivity (Wildman–Crippen MR) is 85.1 cm³/mol. The highest BCUT2D eigenvalue weighted by molar-refractivity contribution is 9.10. The standard InChI is InChI=1S/C16H19BrN2O/c1-3-18-15(11-12-6-4-7-13(17)10-12)14-8-5-9-19-16(14)20-2/h4-10,15,18H,3,11H2,1-2H3. The Bertz CT molecular complexity index is 560. The number of pyridine rings is 1. The number of nitrogens with zero attached hydrogens (tertiary/aromatic N) is 1.